The Morgan fingerprint density at radius 2 is 1.95 bits per heavy atom. The molecule has 0 aliphatic carbocycles. The molecule has 0 unspecified atom stereocenters. The quantitative estimate of drug-likeness (QED) is 0.595. The van der Waals surface area contributed by atoms with Crippen LogP contribution in [0.15, 0.2) is 30.3 Å². The van der Waals surface area contributed by atoms with Crippen LogP contribution >= 0.6 is 11.6 Å². The van der Waals surface area contributed by atoms with Crippen LogP contribution in [0, 0.1) is 0 Å². The summed E-state index contributed by atoms with van der Waals surface area (Å²) in [6, 6.07) is 10.2. The number of pyridine rings is 1. The molecule has 0 amide bonds. The zero-order valence-corrected chi connectivity index (χ0v) is 13.7. The van der Waals surface area contributed by atoms with Crippen LogP contribution in [0.25, 0.3) is 10.9 Å². The summed E-state index contributed by atoms with van der Waals surface area (Å²) in [4.78, 5) is 6.88. The molecule has 0 aliphatic heterocycles. The number of benzene rings is 1. The van der Waals surface area contributed by atoms with Gasteiger partial charge in [-0.2, -0.15) is 0 Å². The van der Waals surface area contributed by atoms with Gasteiger partial charge in [0.25, 0.3) is 0 Å². The molecule has 0 saturated carbocycles. The second-order valence-corrected chi connectivity index (χ2v) is 5.55. The van der Waals surface area contributed by atoms with Crippen LogP contribution in [0.5, 0.6) is 0 Å². The first-order valence-electron chi connectivity index (χ1n) is 7.71. The summed E-state index contributed by atoms with van der Waals surface area (Å²) in [6.45, 7) is 9.57. The average Bonchev–Trinajstić information content (AvgIpc) is 2.51. The zero-order valence-electron chi connectivity index (χ0n) is 12.9. The summed E-state index contributed by atoms with van der Waals surface area (Å²) in [5.74, 6) is 0. The van der Waals surface area contributed by atoms with Gasteiger partial charge in [0.15, 0.2) is 0 Å². The molecule has 0 aliphatic rings. The minimum atomic E-state index is 0.602. The minimum Gasteiger partial charge on any atom is -0.313 e. The largest absolute Gasteiger partial charge is 0.313 e. The Morgan fingerprint density at radius 3 is 2.71 bits per heavy atom. The maximum atomic E-state index is 6.25. The molecule has 1 N–H and O–H groups in total. The number of hydrogen-bond acceptors (Lipinski definition) is 3. The van der Waals surface area contributed by atoms with E-state index in [1.54, 1.807) is 0 Å². The summed E-state index contributed by atoms with van der Waals surface area (Å²) in [5.41, 5.74) is 2.02. The van der Waals surface area contributed by atoms with Crippen molar-refractivity contribution in [3.05, 3.63) is 41.0 Å². The van der Waals surface area contributed by atoms with Gasteiger partial charge in [-0.25, -0.2) is 4.98 Å². The lowest BCUT2D eigenvalue weighted by Crippen LogP contribution is -2.27. The van der Waals surface area contributed by atoms with Crippen molar-refractivity contribution < 1.29 is 0 Å². The highest BCUT2D eigenvalue weighted by Gasteiger charge is 2.04. The van der Waals surface area contributed by atoms with Gasteiger partial charge in [0.1, 0.15) is 5.15 Å². The van der Waals surface area contributed by atoms with Gasteiger partial charge < -0.3 is 10.2 Å². The SMILES string of the molecule is CCN(CC)CCCNCc1cc2ccccc2nc1Cl. The van der Waals surface area contributed by atoms with E-state index in [1.165, 1.54) is 0 Å². The molecule has 1 heterocycles. The van der Waals surface area contributed by atoms with Gasteiger partial charge in [0, 0.05) is 17.5 Å². The molecule has 0 spiro atoms. The lowest BCUT2D eigenvalue weighted by atomic mass is 10.1. The fraction of sp³-hybridized carbons (Fsp3) is 0.471. The van der Waals surface area contributed by atoms with Crippen molar-refractivity contribution >= 4 is 22.5 Å². The monoisotopic (exact) mass is 305 g/mol. The summed E-state index contributed by atoms with van der Waals surface area (Å²) in [6.07, 6.45) is 1.15. The molecular formula is C17H24ClN3. The van der Waals surface area contributed by atoms with Gasteiger partial charge in [-0.3, -0.25) is 0 Å². The van der Waals surface area contributed by atoms with E-state index in [-0.39, 0.29) is 0 Å². The van der Waals surface area contributed by atoms with Crippen LogP contribution in [0.4, 0.5) is 0 Å². The van der Waals surface area contributed by atoms with E-state index in [1.807, 2.05) is 18.2 Å². The summed E-state index contributed by atoms with van der Waals surface area (Å²) < 4.78 is 0. The molecule has 0 radical (unpaired) electrons. The van der Waals surface area contributed by atoms with Crippen molar-refractivity contribution in [2.24, 2.45) is 0 Å². The molecule has 4 heteroatoms. The number of aromatic nitrogens is 1. The van der Waals surface area contributed by atoms with Crippen molar-refractivity contribution in [2.75, 3.05) is 26.2 Å². The molecular weight excluding hydrogens is 282 g/mol. The Kier molecular flexibility index (Phi) is 6.43. The van der Waals surface area contributed by atoms with Gasteiger partial charge in [-0.05, 0) is 44.7 Å². The van der Waals surface area contributed by atoms with Gasteiger partial charge >= 0.3 is 0 Å². The van der Waals surface area contributed by atoms with E-state index in [4.69, 9.17) is 11.6 Å². The molecule has 0 fully saturated rings. The zero-order chi connectivity index (χ0) is 15.1. The molecule has 2 aromatic rings. The first kappa shape index (κ1) is 16.2. The van der Waals surface area contributed by atoms with E-state index in [2.05, 4.69) is 41.2 Å². The van der Waals surface area contributed by atoms with Crippen molar-refractivity contribution in [1.82, 2.24) is 15.2 Å². The second-order valence-electron chi connectivity index (χ2n) is 5.19. The normalized spacial score (nSPS) is 11.4. The van der Waals surface area contributed by atoms with Crippen LogP contribution in [-0.4, -0.2) is 36.1 Å². The van der Waals surface area contributed by atoms with Crippen molar-refractivity contribution in [3.63, 3.8) is 0 Å². The van der Waals surface area contributed by atoms with E-state index in [0.29, 0.717) is 5.15 Å². The highest BCUT2D eigenvalue weighted by atomic mass is 35.5. The standard InChI is InChI=1S/C17H24ClN3/c1-3-21(4-2)11-7-10-19-13-15-12-14-8-5-6-9-16(14)20-17(15)18/h5-6,8-9,12,19H,3-4,7,10-11,13H2,1-2H3. The Balaban J connectivity index is 1.84. The van der Waals surface area contributed by atoms with E-state index < -0.39 is 0 Å². The van der Waals surface area contributed by atoms with Crippen LogP contribution in [0.3, 0.4) is 0 Å². The molecule has 114 valence electrons. The number of rotatable bonds is 8. The molecule has 21 heavy (non-hydrogen) atoms. The van der Waals surface area contributed by atoms with Crippen LogP contribution in [-0.2, 0) is 6.54 Å². The first-order valence-corrected chi connectivity index (χ1v) is 8.09. The third kappa shape index (κ3) is 4.67. The fourth-order valence-corrected chi connectivity index (χ4v) is 2.66. The van der Waals surface area contributed by atoms with Gasteiger partial charge in [0.2, 0.25) is 0 Å². The maximum absolute atomic E-state index is 6.25. The van der Waals surface area contributed by atoms with Crippen LogP contribution in [0.1, 0.15) is 25.8 Å². The maximum Gasteiger partial charge on any atom is 0.134 e. The topological polar surface area (TPSA) is 28.2 Å². The van der Waals surface area contributed by atoms with Gasteiger partial charge in [-0.15, -0.1) is 0 Å². The average molecular weight is 306 g/mol. The van der Waals surface area contributed by atoms with Crippen LogP contribution in [0.2, 0.25) is 5.15 Å². The number of nitrogens with zero attached hydrogens (tertiary/aromatic N) is 2. The highest BCUT2D eigenvalue weighted by molar-refractivity contribution is 6.30. The Morgan fingerprint density at radius 1 is 1.19 bits per heavy atom. The Bertz CT molecular complexity index is 567. The molecule has 1 aromatic heterocycles. The molecule has 3 nitrogen and oxygen atoms in total. The molecule has 1 aromatic carbocycles. The van der Waals surface area contributed by atoms with Gasteiger partial charge in [0.05, 0.1) is 5.52 Å². The summed E-state index contributed by atoms with van der Waals surface area (Å²) >= 11 is 6.25. The highest BCUT2D eigenvalue weighted by Crippen LogP contribution is 2.20. The van der Waals surface area contributed by atoms with Crippen molar-refractivity contribution in [1.29, 1.82) is 0 Å². The summed E-state index contributed by atoms with van der Waals surface area (Å²) in [7, 11) is 0. The molecule has 2 rings (SSSR count). The first-order chi connectivity index (χ1) is 10.2. The second kappa shape index (κ2) is 8.32. The molecule has 0 bridgehead atoms. The number of nitrogens with one attached hydrogen (secondary N) is 1. The number of hydrogen-bond donors (Lipinski definition) is 1. The van der Waals surface area contributed by atoms with Gasteiger partial charge in [-0.1, -0.05) is 43.6 Å². The van der Waals surface area contributed by atoms with Crippen molar-refractivity contribution in [3.8, 4) is 0 Å². The molecule has 0 saturated heterocycles. The molecule has 0 atom stereocenters. The van der Waals surface area contributed by atoms with Crippen LogP contribution < -0.4 is 5.32 Å². The van der Waals surface area contributed by atoms with Crippen molar-refractivity contribution in [2.45, 2.75) is 26.8 Å². The smallest absolute Gasteiger partial charge is 0.134 e. The lowest BCUT2D eigenvalue weighted by molar-refractivity contribution is 0.298. The predicted molar refractivity (Wildman–Crippen MR) is 90.9 cm³/mol. The minimum absolute atomic E-state index is 0.602. The fourth-order valence-electron chi connectivity index (χ4n) is 2.45. The summed E-state index contributed by atoms with van der Waals surface area (Å²) in [5, 5.41) is 5.20. The third-order valence-electron chi connectivity index (χ3n) is 3.79. The van der Waals surface area contributed by atoms with E-state index in [0.717, 1.165) is 55.6 Å². The number of para-hydroxylation sites is 1. The predicted octanol–water partition coefficient (Wildman–Crippen LogP) is 3.71. The lowest BCUT2D eigenvalue weighted by Gasteiger charge is -2.17. The third-order valence-corrected chi connectivity index (χ3v) is 4.12. The Labute approximate surface area is 132 Å². The van der Waals surface area contributed by atoms with E-state index >= 15 is 0 Å². The number of fused-ring (bicyclic) bond motifs is 1. The Hall–Kier alpha value is -1.16. The number of halogens is 1. The van der Waals surface area contributed by atoms with E-state index in [9.17, 15) is 0 Å².